The van der Waals surface area contributed by atoms with E-state index in [1.165, 1.54) is 0 Å². The van der Waals surface area contributed by atoms with E-state index in [1.54, 1.807) is 25.1 Å². The topological polar surface area (TPSA) is 66.4 Å². The number of aliphatic hydroxyl groups is 1. The first-order chi connectivity index (χ1) is 7.33. The zero-order valence-corrected chi connectivity index (χ0v) is 10.6. The molecule has 0 aliphatic rings. The molecule has 0 saturated heterocycles. The SMILES string of the molecule is Cc1ccc(C(O)CCl)cc1NS(C)(=O)=O. The highest BCUT2D eigenvalue weighted by Gasteiger charge is 2.10. The van der Waals surface area contributed by atoms with Crippen LogP contribution < -0.4 is 4.72 Å². The van der Waals surface area contributed by atoms with Crippen LogP contribution in [0.1, 0.15) is 17.2 Å². The predicted molar refractivity (Wildman–Crippen MR) is 65.3 cm³/mol. The maximum atomic E-state index is 11.1. The highest BCUT2D eigenvalue weighted by Crippen LogP contribution is 2.22. The monoisotopic (exact) mass is 263 g/mol. The van der Waals surface area contributed by atoms with Gasteiger partial charge in [-0.05, 0) is 24.1 Å². The second-order valence-corrected chi connectivity index (χ2v) is 5.68. The molecule has 0 saturated carbocycles. The van der Waals surface area contributed by atoms with Crippen molar-refractivity contribution in [3.63, 3.8) is 0 Å². The lowest BCUT2D eigenvalue weighted by Gasteiger charge is -2.12. The lowest BCUT2D eigenvalue weighted by atomic mass is 10.1. The standard InChI is InChI=1S/C10H14ClNO3S/c1-7-3-4-8(10(13)6-11)5-9(7)12-16(2,14)15/h3-5,10,12-13H,6H2,1-2H3. The third kappa shape index (κ3) is 3.66. The summed E-state index contributed by atoms with van der Waals surface area (Å²) in [6.07, 6.45) is 0.291. The molecular weight excluding hydrogens is 250 g/mol. The lowest BCUT2D eigenvalue weighted by Crippen LogP contribution is -2.11. The molecule has 1 aromatic rings. The largest absolute Gasteiger partial charge is 0.387 e. The van der Waals surface area contributed by atoms with Crippen molar-refractivity contribution in [3.8, 4) is 0 Å². The fourth-order valence-corrected chi connectivity index (χ4v) is 2.04. The van der Waals surface area contributed by atoms with Gasteiger partial charge in [0.15, 0.2) is 0 Å². The van der Waals surface area contributed by atoms with Gasteiger partial charge in [-0.1, -0.05) is 12.1 Å². The van der Waals surface area contributed by atoms with Gasteiger partial charge in [0, 0.05) is 0 Å². The van der Waals surface area contributed by atoms with Crippen molar-refractivity contribution < 1.29 is 13.5 Å². The van der Waals surface area contributed by atoms with Crippen LogP contribution in [0.4, 0.5) is 5.69 Å². The maximum Gasteiger partial charge on any atom is 0.229 e. The van der Waals surface area contributed by atoms with Gasteiger partial charge in [-0.25, -0.2) is 8.42 Å². The number of benzene rings is 1. The minimum absolute atomic E-state index is 0.0708. The number of hydrogen-bond acceptors (Lipinski definition) is 3. The Hall–Kier alpha value is -0.780. The van der Waals surface area contributed by atoms with Crippen molar-refractivity contribution in [1.82, 2.24) is 0 Å². The van der Waals surface area contributed by atoms with Crippen LogP contribution in [0.25, 0.3) is 0 Å². The third-order valence-corrected chi connectivity index (χ3v) is 2.97. The second kappa shape index (κ2) is 5.03. The number of hydrogen-bond donors (Lipinski definition) is 2. The summed E-state index contributed by atoms with van der Waals surface area (Å²) in [6.45, 7) is 1.78. The number of sulfonamides is 1. The number of nitrogens with one attached hydrogen (secondary N) is 1. The molecule has 0 aromatic heterocycles. The Morgan fingerprint density at radius 1 is 1.50 bits per heavy atom. The highest BCUT2D eigenvalue weighted by molar-refractivity contribution is 7.92. The van der Waals surface area contributed by atoms with Crippen molar-refractivity contribution in [2.45, 2.75) is 13.0 Å². The highest BCUT2D eigenvalue weighted by atomic mass is 35.5. The summed E-state index contributed by atoms with van der Waals surface area (Å²) >= 11 is 5.52. The fourth-order valence-electron chi connectivity index (χ4n) is 1.25. The van der Waals surface area contributed by atoms with Gasteiger partial charge in [0.05, 0.1) is 23.9 Å². The van der Waals surface area contributed by atoms with E-state index in [0.717, 1.165) is 11.8 Å². The van der Waals surface area contributed by atoms with Crippen LogP contribution in [0.3, 0.4) is 0 Å². The summed E-state index contributed by atoms with van der Waals surface area (Å²) < 4.78 is 24.6. The molecule has 0 spiro atoms. The summed E-state index contributed by atoms with van der Waals surface area (Å²) in [7, 11) is -3.31. The number of aliphatic hydroxyl groups excluding tert-OH is 1. The van der Waals surface area contributed by atoms with Gasteiger partial charge in [-0.3, -0.25) is 4.72 Å². The van der Waals surface area contributed by atoms with Crippen LogP contribution in [0.15, 0.2) is 18.2 Å². The van der Waals surface area contributed by atoms with Crippen molar-refractivity contribution in [3.05, 3.63) is 29.3 Å². The molecule has 1 atom stereocenters. The van der Waals surface area contributed by atoms with Crippen LogP contribution in [-0.2, 0) is 10.0 Å². The van der Waals surface area contributed by atoms with Crippen molar-refractivity contribution >= 4 is 27.3 Å². The Kier molecular flexibility index (Phi) is 4.18. The molecule has 0 fully saturated rings. The number of aryl methyl sites for hydroxylation is 1. The zero-order chi connectivity index (χ0) is 12.3. The smallest absolute Gasteiger partial charge is 0.229 e. The van der Waals surface area contributed by atoms with Gasteiger partial charge in [0.2, 0.25) is 10.0 Å². The number of alkyl halides is 1. The van der Waals surface area contributed by atoms with Crippen molar-refractivity contribution in [2.24, 2.45) is 0 Å². The summed E-state index contributed by atoms with van der Waals surface area (Å²) in [5.74, 6) is 0.0708. The Labute approximate surface area is 100 Å². The minimum atomic E-state index is -3.31. The molecule has 2 N–H and O–H groups in total. The fraction of sp³-hybridized carbons (Fsp3) is 0.400. The molecule has 0 aliphatic carbocycles. The third-order valence-electron chi connectivity index (χ3n) is 2.09. The molecular formula is C10H14ClNO3S. The maximum absolute atomic E-state index is 11.1. The van der Waals surface area contributed by atoms with Gasteiger partial charge >= 0.3 is 0 Å². The summed E-state index contributed by atoms with van der Waals surface area (Å²) in [6, 6.07) is 5.04. The average molecular weight is 264 g/mol. The van der Waals surface area contributed by atoms with E-state index in [1.807, 2.05) is 0 Å². The molecule has 1 rings (SSSR count). The molecule has 90 valence electrons. The molecule has 0 aliphatic heterocycles. The van der Waals surface area contributed by atoms with E-state index in [0.29, 0.717) is 11.3 Å². The first kappa shape index (κ1) is 13.3. The molecule has 6 heteroatoms. The molecule has 16 heavy (non-hydrogen) atoms. The number of rotatable bonds is 4. The number of halogens is 1. The summed E-state index contributed by atoms with van der Waals surface area (Å²) in [4.78, 5) is 0. The van der Waals surface area contributed by atoms with E-state index in [-0.39, 0.29) is 5.88 Å². The quantitative estimate of drug-likeness (QED) is 0.812. The van der Waals surface area contributed by atoms with Gasteiger partial charge in [-0.2, -0.15) is 0 Å². The van der Waals surface area contributed by atoms with Crippen molar-refractivity contribution in [1.29, 1.82) is 0 Å². The van der Waals surface area contributed by atoms with Crippen molar-refractivity contribution in [2.75, 3.05) is 16.9 Å². The summed E-state index contributed by atoms with van der Waals surface area (Å²) in [5, 5.41) is 9.53. The summed E-state index contributed by atoms with van der Waals surface area (Å²) in [5.41, 5.74) is 1.84. The van der Waals surface area contributed by atoms with Crippen LogP contribution in [0.2, 0.25) is 0 Å². The van der Waals surface area contributed by atoms with Crippen LogP contribution in [-0.4, -0.2) is 25.7 Å². The Balaban J connectivity index is 3.09. The molecule has 0 bridgehead atoms. The molecule has 1 unspecified atom stereocenters. The van der Waals surface area contributed by atoms with E-state index in [4.69, 9.17) is 11.6 Å². The van der Waals surface area contributed by atoms with Crippen LogP contribution >= 0.6 is 11.6 Å². The normalized spacial score (nSPS) is 13.5. The van der Waals surface area contributed by atoms with Gasteiger partial charge < -0.3 is 5.11 Å². The van der Waals surface area contributed by atoms with E-state index < -0.39 is 16.1 Å². The minimum Gasteiger partial charge on any atom is -0.387 e. The molecule has 0 radical (unpaired) electrons. The van der Waals surface area contributed by atoms with E-state index in [2.05, 4.69) is 4.72 Å². The van der Waals surface area contributed by atoms with E-state index >= 15 is 0 Å². The predicted octanol–water partition coefficient (Wildman–Crippen LogP) is 1.64. The van der Waals surface area contributed by atoms with Gasteiger partial charge in [0.25, 0.3) is 0 Å². The first-order valence-corrected chi connectivity index (χ1v) is 7.08. The zero-order valence-electron chi connectivity index (χ0n) is 9.07. The Morgan fingerprint density at radius 2 is 2.12 bits per heavy atom. The number of anilines is 1. The van der Waals surface area contributed by atoms with Crippen LogP contribution in [0, 0.1) is 6.92 Å². The molecule has 0 heterocycles. The Bertz CT molecular complexity index is 473. The molecule has 1 aromatic carbocycles. The first-order valence-electron chi connectivity index (χ1n) is 4.66. The van der Waals surface area contributed by atoms with E-state index in [9.17, 15) is 13.5 Å². The second-order valence-electron chi connectivity index (χ2n) is 3.62. The average Bonchev–Trinajstić information content (AvgIpc) is 2.18. The van der Waals surface area contributed by atoms with Crippen LogP contribution in [0.5, 0.6) is 0 Å². The lowest BCUT2D eigenvalue weighted by molar-refractivity contribution is 0.202. The molecule has 0 amide bonds. The Morgan fingerprint density at radius 3 is 2.62 bits per heavy atom. The van der Waals surface area contributed by atoms with Gasteiger partial charge in [-0.15, -0.1) is 11.6 Å². The van der Waals surface area contributed by atoms with Gasteiger partial charge in [0.1, 0.15) is 0 Å². The molecule has 4 nitrogen and oxygen atoms in total.